The number of rotatable bonds is 4. The van der Waals surface area contributed by atoms with E-state index in [4.69, 9.17) is 26.3 Å². The van der Waals surface area contributed by atoms with E-state index in [9.17, 15) is 4.39 Å². The molecule has 3 heterocycles. The standard InChI is InChI=1S/C29H25ClFN5O/c1-18-23(3-2-12-32-18)34-24-16-27-29(17-25(24)33-21-10-13-37-14-11-21)36(22-7-4-19(30)5-8-22)28-9-6-20(31)15-26(28)35-27/h2-9,12,15-17,21,34H,10-11,13-14H2,1H3. The summed E-state index contributed by atoms with van der Waals surface area (Å²) in [6, 6.07) is 20.3. The molecule has 2 aromatic carbocycles. The highest BCUT2D eigenvalue weighted by Crippen LogP contribution is 2.31. The molecule has 1 aliphatic carbocycles. The van der Waals surface area contributed by atoms with Crippen LogP contribution in [0.15, 0.2) is 77.9 Å². The van der Waals surface area contributed by atoms with Crippen LogP contribution in [0, 0.1) is 12.7 Å². The van der Waals surface area contributed by atoms with Crippen molar-refractivity contribution in [3.63, 3.8) is 0 Å². The first-order valence-electron chi connectivity index (χ1n) is 12.3. The van der Waals surface area contributed by atoms with Crippen LogP contribution in [0.2, 0.25) is 5.02 Å². The molecule has 0 bridgehead atoms. The van der Waals surface area contributed by atoms with Crippen molar-refractivity contribution in [2.24, 2.45) is 4.99 Å². The van der Waals surface area contributed by atoms with Crippen molar-refractivity contribution in [2.75, 3.05) is 18.5 Å². The number of pyridine rings is 1. The van der Waals surface area contributed by atoms with Crippen molar-refractivity contribution in [2.45, 2.75) is 25.8 Å². The minimum atomic E-state index is -0.336. The minimum Gasteiger partial charge on any atom is -0.381 e. The Morgan fingerprint density at radius 1 is 1.03 bits per heavy atom. The number of ether oxygens (including phenoxy) is 1. The zero-order valence-corrected chi connectivity index (χ0v) is 21.0. The van der Waals surface area contributed by atoms with Crippen LogP contribution >= 0.6 is 11.6 Å². The number of benzene rings is 3. The van der Waals surface area contributed by atoms with E-state index in [1.165, 1.54) is 12.1 Å². The average Bonchev–Trinajstić information content (AvgIpc) is 2.90. The Balaban J connectivity index is 1.64. The summed E-state index contributed by atoms with van der Waals surface area (Å²) in [4.78, 5) is 14.4. The van der Waals surface area contributed by atoms with E-state index in [2.05, 4.69) is 20.9 Å². The second-order valence-electron chi connectivity index (χ2n) is 9.15. The lowest BCUT2D eigenvalue weighted by Crippen LogP contribution is -2.23. The molecule has 1 fully saturated rings. The van der Waals surface area contributed by atoms with Gasteiger partial charge in [0.05, 0.1) is 50.9 Å². The highest BCUT2D eigenvalue weighted by molar-refractivity contribution is 6.30. The lowest BCUT2D eigenvalue weighted by atomic mass is 10.1. The number of nitrogens with one attached hydrogen (secondary N) is 1. The van der Waals surface area contributed by atoms with E-state index in [1.54, 1.807) is 12.3 Å². The van der Waals surface area contributed by atoms with Crippen molar-refractivity contribution in [3.05, 3.63) is 94.8 Å². The van der Waals surface area contributed by atoms with E-state index < -0.39 is 0 Å². The van der Waals surface area contributed by atoms with Gasteiger partial charge in [-0.25, -0.2) is 9.37 Å². The number of nitrogens with zero attached hydrogens (tertiary/aromatic N) is 4. The number of aryl methyl sites for hydroxylation is 1. The summed E-state index contributed by atoms with van der Waals surface area (Å²) in [7, 11) is 0. The number of aromatic nitrogens is 3. The van der Waals surface area contributed by atoms with E-state index in [-0.39, 0.29) is 11.9 Å². The number of anilines is 2. The molecule has 0 unspecified atom stereocenters. The maximum absolute atomic E-state index is 14.2. The first kappa shape index (κ1) is 23.6. The summed E-state index contributed by atoms with van der Waals surface area (Å²) in [5.74, 6) is -0.336. The molecule has 1 aromatic heterocycles. The molecule has 0 amide bonds. The maximum Gasteiger partial charge on any atom is 0.125 e. The second kappa shape index (κ2) is 9.92. The number of hydrogen-bond acceptors (Lipinski definition) is 5. The molecule has 3 aliphatic rings. The summed E-state index contributed by atoms with van der Waals surface area (Å²) in [6.07, 6.45) is 3.51. The number of fused-ring (bicyclic) bond motifs is 2. The minimum absolute atomic E-state index is 0.160. The van der Waals surface area contributed by atoms with Gasteiger partial charge in [-0.3, -0.25) is 9.98 Å². The van der Waals surface area contributed by atoms with Gasteiger partial charge in [-0.05, 0) is 80.4 Å². The molecule has 37 heavy (non-hydrogen) atoms. The second-order valence-corrected chi connectivity index (χ2v) is 9.59. The molecule has 2 aliphatic heterocycles. The highest BCUT2D eigenvalue weighted by atomic mass is 35.5. The Hall–Kier alpha value is -3.81. The summed E-state index contributed by atoms with van der Waals surface area (Å²) in [5.41, 5.74) is 6.41. The smallest absolute Gasteiger partial charge is 0.125 e. The SMILES string of the molecule is Cc1ncccc1Nc1cc2nc3cc(F)ccc3n(-c3ccc(Cl)cc3)c-2cc1=NC1CCOCC1. The Labute approximate surface area is 218 Å². The van der Waals surface area contributed by atoms with Crippen LogP contribution < -0.4 is 10.7 Å². The van der Waals surface area contributed by atoms with Gasteiger partial charge in [-0.15, -0.1) is 0 Å². The van der Waals surface area contributed by atoms with Crippen molar-refractivity contribution >= 4 is 34.0 Å². The van der Waals surface area contributed by atoms with Gasteiger partial charge in [-0.1, -0.05) is 11.6 Å². The number of hydrogen-bond donors (Lipinski definition) is 1. The summed E-state index contributed by atoms with van der Waals surface area (Å²) in [5, 5.41) is 4.99. The van der Waals surface area contributed by atoms with Crippen molar-refractivity contribution in [3.8, 4) is 17.1 Å². The fourth-order valence-corrected chi connectivity index (χ4v) is 4.84. The molecule has 6 rings (SSSR count). The van der Waals surface area contributed by atoms with E-state index in [0.29, 0.717) is 29.4 Å². The Morgan fingerprint density at radius 3 is 2.62 bits per heavy atom. The predicted octanol–water partition coefficient (Wildman–Crippen LogP) is 6.45. The summed E-state index contributed by atoms with van der Waals surface area (Å²) in [6.45, 7) is 3.37. The quantitative estimate of drug-likeness (QED) is 0.280. The molecule has 0 atom stereocenters. The largest absolute Gasteiger partial charge is 0.381 e. The Bertz CT molecular complexity index is 1630. The highest BCUT2D eigenvalue weighted by Gasteiger charge is 2.19. The van der Waals surface area contributed by atoms with Crippen molar-refractivity contribution in [1.29, 1.82) is 0 Å². The molecule has 6 nitrogen and oxygen atoms in total. The zero-order valence-electron chi connectivity index (χ0n) is 20.3. The molecular formula is C29H25ClFN5O. The maximum atomic E-state index is 14.2. The fourth-order valence-electron chi connectivity index (χ4n) is 4.72. The molecule has 1 saturated heterocycles. The average molecular weight is 514 g/mol. The van der Waals surface area contributed by atoms with Gasteiger partial charge in [0, 0.05) is 36.2 Å². The molecule has 186 valence electrons. The number of halogens is 2. The molecule has 0 radical (unpaired) electrons. The van der Waals surface area contributed by atoms with Gasteiger partial charge in [0.2, 0.25) is 0 Å². The first-order valence-corrected chi connectivity index (χ1v) is 12.7. The monoisotopic (exact) mass is 513 g/mol. The van der Waals surface area contributed by atoms with Crippen LogP contribution in [0.3, 0.4) is 0 Å². The van der Waals surface area contributed by atoms with Crippen LogP contribution in [0.1, 0.15) is 18.5 Å². The Morgan fingerprint density at radius 2 is 1.84 bits per heavy atom. The first-order chi connectivity index (χ1) is 18.0. The van der Waals surface area contributed by atoms with Gasteiger partial charge in [0.15, 0.2) is 0 Å². The van der Waals surface area contributed by atoms with Crippen molar-refractivity contribution in [1.82, 2.24) is 14.5 Å². The normalized spacial score (nSPS) is 14.9. The van der Waals surface area contributed by atoms with E-state index >= 15 is 0 Å². The molecule has 1 N–H and O–H groups in total. The van der Waals surface area contributed by atoms with Gasteiger partial charge < -0.3 is 14.6 Å². The summed E-state index contributed by atoms with van der Waals surface area (Å²) < 4.78 is 21.9. The van der Waals surface area contributed by atoms with Gasteiger partial charge >= 0.3 is 0 Å². The Kier molecular flexibility index (Phi) is 6.32. The molecule has 0 saturated carbocycles. The van der Waals surface area contributed by atoms with Crippen LogP contribution in [-0.2, 0) is 4.74 Å². The lowest BCUT2D eigenvalue weighted by Gasteiger charge is -2.22. The van der Waals surface area contributed by atoms with Crippen LogP contribution in [0.4, 0.5) is 15.8 Å². The van der Waals surface area contributed by atoms with Crippen LogP contribution in [-0.4, -0.2) is 33.8 Å². The lowest BCUT2D eigenvalue weighted by molar-refractivity contribution is 0.0864. The van der Waals surface area contributed by atoms with Gasteiger partial charge in [-0.2, -0.15) is 0 Å². The zero-order chi connectivity index (χ0) is 25.4. The van der Waals surface area contributed by atoms with Crippen LogP contribution in [0.5, 0.6) is 0 Å². The summed E-state index contributed by atoms with van der Waals surface area (Å²) >= 11 is 6.19. The third-order valence-electron chi connectivity index (χ3n) is 6.63. The molecule has 8 heteroatoms. The third-order valence-corrected chi connectivity index (χ3v) is 6.88. The third kappa shape index (κ3) is 4.80. The fraction of sp³-hybridized carbons (Fsp3) is 0.207. The molecule has 0 spiro atoms. The van der Waals surface area contributed by atoms with Crippen LogP contribution in [0.25, 0.3) is 28.1 Å². The topological polar surface area (TPSA) is 64.3 Å². The molecule has 3 aromatic rings. The van der Waals surface area contributed by atoms with Gasteiger partial charge in [0.1, 0.15) is 5.82 Å². The predicted molar refractivity (Wildman–Crippen MR) is 144 cm³/mol. The van der Waals surface area contributed by atoms with Gasteiger partial charge in [0.25, 0.3) is 0 Å². The molecular weight excluding hydrogens is 489 g/mol. The van der Waals surface area contributed by atoms with E-state index in [0.717, 1.165) is 52.2 Å². The van der Waals surface area contributed by atoms with Crippen molar-refractivity contribution < 1.29 is 9.13 Å². The van der Waals surface area contributed by atoms with E-state index in [1.807, 2.05) is 49.4 Å².